The van der Waals surface area contributed by atoms with Gasteiger partial charge in [0.05, 0.1) is 0 Å². The van der Waals surface area contributed by atoms with Gasteiger partial charge in [-0.25, -0.2) is 0 Å². The average Bonchev–Trinajstić information content (AvgIpc) is 0. The van der Waals surface area contributed by atoms with E-state index < -0.39 is 0 Å². The Balaban J connectivity index is 0. The van der Waals surface area contributed by atoms with Crippen molar-refractivity contribution in [1.82, 2.24) is 0 Å². The third-order valence-corrected chi connectivity index (χ3v) is 0. The zero-order valence-corrected chi connectivity index (χ0v) is 9.81. The minimum Gasteiger partial charge on any atom is -1.00 e. The molecule has 24 valence electrons. The van der Waals surface area contributed by atoms with Crippen LogP contribution in [0.5, 0.6) is 0 Å². The van der Waals surface area contributed by atoms with Crippen molar-refractivity contribution in [2.75, 3.05) is 0 Å². The smallest absolute Gasteiger partial charge is 1.00 e. The molecule has 0 aromatic carbocycles. The molecule has 0 aliphatic rings. The Morgan fingerprint density at radius 1 is 0.600 bits per heavy atom. The van der Waals surface area contributed by atoms with Crippen molar-refractivity contribution >= 4 is 37.7 Å². The van der Waals surface area contributed by atoms with E-state index in [1.165, 1.54) is 0 Å². The van der Waals surface area contributed by atoms with E-state index in [1.54, 1.807) is 0 Å². The second kappa shape index (κ2) is 26.6. The number of rotatable bonds is 0. The summed E-state index contributed by atoms with van der Waals surface area (Å²) in [7, 11) is 0. The molecule has 0 aliphatic carbocycles. The summed E-state index contributed by atoms with van der Waals surface area (Å²) in [5.41, 5.74) is 0. The summed E-state index contributed by atoms with van der Waals surface area (Å²) in [5, 5.41) is 0. The Hall–Kier alpha value is 3.30. The molecule has 0 radical (unpaired) electrons. The van der Waals surface area contributed by atoms with E-state index in [9.17, 15) is 0 Å². The van der Waals surface area contributed by atoms with Crippen LogP contribution in [-0.2, 0) is 0 Å². The van der Waals surface area contributed by atoms with E-state index in [1.807, 2.05) is 0 Å². The summed E-state index contributed by atoms with van der Waals surface area (Å²) in [5.74, 6) is 0. The second-order valence-corrected chi connectivity index (χ2v) is 0. The average molecular weight is 287 g/mol. The molecule has 0 heterocycles. The van der Waals surface area contributed by atoms with Crippen LogP contribution in [0.2, 0.25) is 0 Å². The van der Waals surface area contributed by atoms with E-state index >= 15 is 0 Å². The van der Waals surface area contributed by atoms with Crippen LogP contribution in [0.4, 0.5) is 0 Å². The van der Waals surface area contributed by atoms with Crippen molar-refractivity contribution in [3.05, 3.63) is 0 Å². The van der Waals surface area contributed by atoms with Gasteiger partial charge in [0.1, 0.15) is 0 Å². The Kier molecular flexibility index (Phi) is 216. The largest absolute Gasteiger partial charge is 2.00 e. The molecule has 0 unspecified atom stereocenters. The first-order valence-electron chi connectivity index (χ1n) is 0. The first kappa shape index (κ1) is 40.6. The summed E-state index contributed by atoms with van der Waals surface area (Å²) < 4.78 is 0. The fraction of sp³-hybridized carbons (Fsp3) is 0. The summed E-state index contributed by atoms with van der Waals surface area (Å²) in [6, 6.07) is 0. The molecule has 0 rings (SSSR count). The van der Waals surface area contributed by atoms with E-state index in [2.05, 4.69) is 0 Å². The summed E-state index contributed by atoms with van der Waals surface area (Å²) in [6.45, 7) is 0. The van der Waals surface area contributed by atoms with Crippen LogP contribution in [0.15, 0.2) is 0 Å². The molecule has 0 N–H and O–H groups in total. The molecule has 0 aromatic heterocycles. The standard InChI is InChI=1S/3BrH.Ca.Li/h3*1H;;/q;;;+2;+1/p-3. The molecule has 0 aliphatic heterocycles. The van der Waals surface area contributed by atoms with Crippen LogP contribution in [0.25, 0.3) is 0 Å². The van der Waals surface area contributed by atoms with Gasteiger partial charge >= 0.3 is 56.6 Å². The van der Waals surface area contributed by atoms with Crippen molar-refractivity contribution in [3.8, 4) is 0 Å². The fourth-order valence-corrected chi connectivity index (χ4v) is 0. The summed E-state index contributed by atoms with van der Waals surface area (Å²) in [6.07, 6.45) is 0. The van der Waals surface area contributed by atoms with Gasteiger partial charge in [-0.2, -0.15) is 0 Å². The van der Waals surface area contributed by atoms with Crippen molar-refractivity contribution in [3.63, 3.8) is 0 Å². The van der Waals surface area contributed by atoms with Gasteiger partial charge in [-0.15, -0.1) is 0 Å². The zero-order valence-electron chi connectivity index (χ0n) is 2.84. The third kappa shape index (κ3) is 18.8. The van der Waals surface area contributed by atoms with Crippen LogP contribution in [0.1, 0.15) is 0 Å². The maximum absolute atomic E-state index is 0. The Morgan fingerprint density at radius 3 is 0.600 bits per heavy atom. The molecular formula is Br3CaLi. The molecule has 0 saturated carbocycles. The predicted molar refractivity (Wildman–Crippen MR) is 5.75 cm³/mol. The molecule has 5 heavy (non-hydrogen) atoms. The molecule has 0 nitrogen and oxygen atoms in total. The van der Waals surface area contributed by atoms with Gasteiger partial charge in [0, 0.05) is 0 Å². The van der Waals surface area contributed by atoms with Gasteiger partial charge in [-0.1, -0.05) is 0 Å². The van der Waals surface area contributed by atoms with Gasteiger partial charge in [-0.3, -0.25) is 0 Å². The molecule has 0 saturated heterocycles. The van der Waals surface area contributed by atoms with Crippen LogP contribution in [-0.4, -0.2) is 37.7 Å². The van der Waals surface area contributed by atoms with Gasteiger partial charge in [-0.05, 0) is 0 Å². The Bertz CT molecular complexity index is 6.85. The Morgan fingerprint density at radius 2 is 0.600 bits per heavy atom. The van der Waals surface area contributed by atoms with E-state index in [0.29, 0.717) is 0 Å². The van der Waals surface area contributed by atoms with E-state index in [0.717, 1.165) is 0 Å². The topological polar surface area (TPSA) is 0 Å². The van der Waals surface area contributed by atoms with Crippen LogP contribution in [0.3, 0.4) is 0 Å². The fourth-order valence-electron chi connectivity index (χ4n) is 0. The minimum atomic E-state index is 0. The number of hydrogen-bond donors (Lipinski definition) is 0. The van der Waals surface area contributed by atoms with Crippen LogP contribution in [0, 0.1) is 0 Å². The van der Waals surface area contributed by atoms with Gasteiger partial charge in [0.2, 0.25) is 0 Å². The molecule has 0 bridgehead atoms. The van der Waals surface area contributed by atoms with E-state index in [-0.39, 0.29) is 108 Å². The van der Waals surface area contributed by atoms with Crippen LogP contribution < -0.4 is 69.8 Å². The maximum atomic E-state index is 0. The molecule has 0 aromatic rings. The van der Waals surface area contributed by atoms with Crippen molar-refractivity contribution < 1.29 is 69.8 Å². The van der Waals surface area contributed by atoms with Gasteiger partial charge < -0.3 is 50.9 Å². The molecule has 0 spiro atoms. The first-order chi connectivity index (χ1) is 0. The van der Waals surface area contributed by atoms with Crippen molar-refractivity contribution in [2.24, 2.45) is 0 Å². The summed E-state index contributed by atoms with van der Waals surface area (Å²) >= 11 is 0. The van der Waals surface area contributed by atoms with Crippen LogP contribution >= 0.6 is 0 Å². The summed E-state index contributed by atoms with van der Waals surface area (Å²) in [4.78, 5) is 0. The first-order valence-corrected chi connectivity index (χ1v) is 0. The third-order valence-electron chi connectivity index (χ3n) is 0. The SMILES string of the molecule is [Br-].[Br-].[Br-].[Ca+2].[Li+]. The molecule has 0 atom stereocenters. The molecular weight excluding hydrogens is 287 g/mol. The molecule has 0 fully saturated rings. The maximum Gasteiger partial charge on any atom is 2.00 e. The Labute approximate surface area is 105 Å². The van der Waals surface area contributed by atoms with Crippen molar-refractivity contribution in [1.29, 1.82) is 0 Å². The number of hydrogen-bond acceptors (Lipinski definition) is 0. The minimum absolute atomic E-state index is 0. The normalized spacial score (nSPS) is 0. The monoisotopic (exact) mass is 284 g/mol. The van der Waals surface area contributed by atoms with Crippen molar-refractivity contribution in [2.45, 2.75) is 0 Å². The number of halogens is 3. The van der Waals surface area contributed by atoms with E-state index in [4.69, 9.17) is 0 Å². The van der Waals surface area contributed by atoms with Gasteiger partial charge in [0.15, 0.2) is 0 Å². The zero-order chi connectivity index (χ0) is 0. The predicted octanol–water partition coefficient (Wildman–Crippen LogP) is -12.4. The quantitative estimate of drug-likeness (QED) is 0.388. The second-order valence-electron chi connectivity index (χ2n) is 0. The van der Waals surface area contributed by atoms with Gasteiger partial charge in [0.25, 0.3) is 0 Å². The molecule has 5 heteroatoms. The molecule has 0 amide bonds.